The molecule has 0 amide bonds. The van der Waals surface area contributed by atoms with E-state index < -0.39 is 4.92 Å². The highest BCUT2D eigenvalue weighted by Gasteiger charge is 2.21. The number of hydrogen-bond donors (Lipinski definition) is 1. The Balaban J connectivity index is 2.69. The van der Waals surface area contributed by atoms with Gasteiger partial charge in [0.15, 0.2) is 0 Å². The second kappa shape index (κ2) is 3.96. The summed E-state index contributed by atoms with van der Waals surface area (Å²) < 4.78 is 0.814. The lowest BCUT2D eigenvalue weighted by atomic mass is 9.98. The number of nitro groups is 1. The summed E-state index contributed by atoms with van der Waals surface area (Å²) in [7, 11) is 0. The number of non-ortho nitro benzene ring substituents is 1. The van der Waals surface area contributed by atoms with Crippen molar-refractivity contribution in [1.82, 2.24) is 4.98 Å². The van der Waals surface area contributed by atoms with E-state index in [1.807, 2.05) is 0 Å². The topological polar surface area (TPSA) is 56.0 Å². The molecule has 17 heavy (non-hydrogen) atoms. The molecule has 1 aromatic carbocycles. The fourth-order valence-corrected chi connectivity index (χ4v) is 2.89. The Labute approximate surface area is 108 Å². The SMILES string of the molecule is CC(C)(C)c1nc2c(S)cc([N+](=O)[O-])cc2s1. The summed E-state index contributed by atoms with van der Waals surface area (Å²) in [6.45, 7) is 6.20. The van der Waals surface area contributed by atoms with Gasteiger partial charge in [-0.1, -0.05) is 20.8 Å². The molecule has 2 aromatic rings. The summed E-state index contributed by atoms with van der Waals surface area (Å²) in [6, 6.07) is 3.00. The van der Waals surface area contributed by atoms with Crippen molar-refractivity contribution >= 4 is 39.9 Å². The molecule has 4 nitrogen and oxygen atoms in total. The first kappa shape index (κ1) is 12.3. The van der Waals surface area contributed by atoms with Crippen LogP contribution in [0, 0.1) is 10.1 Å². The fraction of sp³-hybridized carbons (Fsp3) is 0.364. The highest BCUT2D eigenvalue weighted by molar-refractivity contribution is 7.80. The zero-order valence-electron chi connectivity index (χ0n) is 9.72. The quantitative estimate of drug-likeness (QED) is 0.486. The molecule has 0 unspecified atom stereocenters. The summed E-state index contributed by atoms with van der Waals surface area (Å²) in [4.78, 5) is 15.4. The van der Waals surface area contributed by atoms with Crippen molar-refractivity contribution in [1.29, 1.82) is 0 Å². The zero-order chi connectivity index (χ0) is 12.8. The van der Waals surface area contributed by atoms with Gasteiger partial charge in [-0.25, -0.2) is 4.98 Å². The van der Waals surface area contributed by atoms with Gasteiger partial charge >= 0.3 is 0 Å². The first-order valence-electron chi connectivity index (χ1n) is 5.07. The molecule has 0 saturated carbocycles. The number of benzene rings is 1. The van der Waals surface area contributed by atoms with Gasteiger partial charge in [-0.2, -0.15) is 0 Å². The van der Waals surface area contributed by atoms with Crippen molar-refractivity contribution in [2.45, 2.75) is 31.1 Å². The monoisotopic (exact) mass is 268 g/mol. The molecule has 6 heteroatoms. The first-order valence-corrected chi connectivity index (χ1v) is 6.34. The average molecular weight is 268 g/mol. The predicted octanol–water partition coefficient (Wildman–Crippen LogP) is 3.79. The molecule has 0 aliphatic carbocycles. The Hall–Kier alpha value is -1.14. The van der Waals surface area contributed by atoms with Crippen LogP contribution in [-0.2, 0) is 5.41 Å². The van der Waals surface area contributed by atoms with Crippen LogP contribution in [0.15, 0.2) is 17.0 Å². The van der Waals surface area contributed by atoms with Gasteiger partial charge in [0.2, 0.25) is 0 Å². The second-order valence-corrected chi connectivity index (χ2v) is 6.35. The Bertz CT molecular complexity index is 599. The Morgan fingerprint density at radius 2 is 2.06 bits per heavy atom. The lowest BCUT2D eigenvalue weighted by Crippen LogP contribution is -2.09. The number of fused-ring (bicyclic) bond motifs is 1. The largest absolute Gasteiger partial charge is 0.272 e. The van der Waals surface area contributed by atoms with Crippen LogP contribution in [0.1, 0.15) is 25.8 Å². The minimum Gasteiger partial charge on any atom is -0.258 e. The van der Waals surface area contributed by atoms with Crippen molar-refractivity contribution in [3.05, 3.63) is 27.3 Å². The molecule has 1 heterocycles. The van der Waals surface area contributed by atoms with Gasteiger partial charge in [0.25, 0.3) is 5.69 Å². The minimum atomic E-state index is -0.407. The first-order chi connectivity index (χ1) is 7.79. The summed E-state index contributed by atoms with van der Waals surface area (Å²) in [5.74, 6) is 0. The van der Waals surface area contributed by atoms with E-state index >= 15 is 0 Å². The van der Waals surface area contributed by atoms with E-state index in [9.17, 15) is 10.1 Å². The van der Waals surface area contributed by atoms with Crippen LogP contribution in [-0.4, -0.2) is 9.91 Å². The van der Waals surface area contributed by atoms with Gasteiger partial charge in [-0.05, 0) is 0 Å². The molecule has 90 valence electrons. The molecule has 0 radical (unpaired) electrons. The minimum absolute atomic E-state index is 0.0569. The zero-order valence-corrected chi connectivity index (χ0v) is 11.4. The van der Waals surface area contributed by atoms with E-state index in [-0.39, 0.29) is 11.1 Å². The third-order valence-electron chi connectivity index (χ3n) is 2.31. The molecule has 0 aliphatic rings. The van der Waals surface area contributed by atoms with Gasteiger partial charge in [-0.3, -0.25) is 10.1 Å². The molecule has 0 saturated heterocycles. The lowest BCUT2D eigenvalue weighted by Gasteiger charge is -2.13. The van der Waals surface area contributed by atoms with E-state index in [1.165, 1.54) is 17.4 Å². The van der Waals surface area contributed by atoms with Crippen molar-refractivity contribution in [2.24, 2.45) is 0 Å². The molecular weight excluding hydrogens is 256 g/mol. The number of thiol groups is 1. The fourth-order valence-electron chi connectivity index (χ4n) is 1.42. The van der Waals surface area contributed by atoms with Crippen LogP contribution < -0.4 is 0 Å². The smallest absolute Gasteiger partial charge is 0.258 e. The molecule has 1 aromatic heterocycles. The maximum absolute atomic E-state index is 10.8. The van der Waals surface area contributed by atoms with Crippen molar-refractivity contribution in [3.63, 3.8) is 0 Å². The summed E-state index contributed by atoms with van der Waals surface area (Å²) >= 11 is 5.75. The molecule has 0 aliphatic heterocycles. The highest BCUT2D eigenvalue weighted by atomic mass is 32.1. The van der Waals surface area contributed by atoms with Gasteiger partial charge < -0.3 is 0 Å². The Morgan fingerprint density at radius 3 is 2.59 bits per heavy atom. The summed E-state index contributed by atoms with van der Waals surface area (Å²) in [5.41, 5.74) is 0.749. The third kappa shape index (κ3) is 2.28. The summed E-state index contributed by atoms with van der Waals surface area (Å²) in [5, 5.41) is 11.7. The number of nitro benzene ring substituents is 1. The maximum Gasteiger partial charge on any atom is 0.272 e. The Kier molecular flexibility index (Phi) is 2.87. The van der Waals surface area contributed by atoms with Crippen LogP contribution in [0.5, 0.6) is 0 Å². The highest BCUT2D eigenvalue weighted by Crippen LogP contribution is 2.35. The number of nitrogens with zero attached hydrogens (tertiary/aromatic N) is 2. The van der Waals surface area contributed by atoms with E-state index in [2.05, 4.69) is 38.4 Å². The summed E-state index contributed by atoms with van der Waals surface area (Å²) in [6.07, 6.45) is 0. The lowest BCUT2D eigenvalue weighted by molar-refractivity contribution is -0.384. The number of thiazole rings is 1. The standard InChI is InChI=1S/C11H12N2O2S2/c1-11(2,3)10-12-9-7(16)4-6(13(14)15)5-8(9)17-10/h4-5,16H,1-3H3. The molecule has 0 spiro atoms. The van der Waals surface area contributed by atoms with Gasteiger partial charge in [0.1, 0.15) is 0 Å². The molecule has 0 fully saturated rings. The van der Waals surface area contributed by atoms with Crippen LogP contribution >= 0.6 is 24.0 Å². The average Bonchev–Trinajstić information content (AvgIpc) is 2.60. The second-order valence-electron chi connectivity index (χ2n) is 4.84. The van der Waals surface area contributed by atoms with Gasteiger partial charge in [-0.15, -0.1) is 24.0 Å². The van der Waals surface area contributed by atoms with Crippen LogP contribution in [0.3, 0.4) is 0 Å². The van der Waals surface area contributed by atoms with E-state index in [0.717, 1.165) is 15.2 Å². The van der Waals surface area contributed by atoms with Crippen molar-refractivity contribution in [3.8, 4) is 0 Å². The predicted molar refractivity (Wildman–Crippen MR) is 72.2 cm³/mol. The molecule has 2 rings (SSSR count). The Morgan fingerprint density at radius 1 is 1.41 bits per heavy atom. The normalized spacial score (nSPS) is 12.0. The number of aromatic nitrogens is 1. The third-order valence-corrected chi connectivity index (χ3v) is 4.08. The molecule has 0 N–H and O–H groups in total. The van der Waals surface area contributed by atoms with Crippen LogP contribution in [0.4, 0.5) is 5.69 Å². The van der Waals surface area contributed by atoms with Crippen LogP contribution in [0.25, 0.3) is 10.2 Å². The number of rotatable bonds is 1. The van der Waals surface area contributed by atoms with Crippen molar-refractivity contribution < 1.29 is 4.92 Å². The molecular formula is C11H12N2O2S2. The molecule has 0 bridgehead atoms. The molecule has 0 atom stereocenters. The van der Waals surface area contributed by atoms with Gasteiger partial charge in [0.05, 0.1) is 20.1 Å². The van der Waals surface area contributed by atoms with E-state index in [4.69, 9.17) is 0 Å². The van der Waals surface area contributed by atoms with Crippen molar-refractivity contribution in [2.75, 3.05) is 0 Å². The maximum atomic E-state index is 10.8. The van der Waals surface area contributed by atoms with E-state index in [1.54, 1.807) is 6.07 Å². The van der Waals surface area contributed by atoms with Crippen LogP contribution in [0.2, 0.25) is 0 Å². The number of hydrogen-bond acceptors (Lipinski definition) is 5. The van der Waals surface area contributed by atoms with E-state index in [0.29, 0.717) is 4.90 Å². The van der Waals surface area contributed by atoms with Gasteiger partial charge in [0, 0.05) is 22.4 Å².